The molecule has 0 bridgehead atoms. The molecule has 0 aliphatic heterocycles. The first-order chi connectivity index (χ1) is 8.33. The predicted molar refractivity (Wildman–Crippen MR) is 73.7 cm³/mol. The molecule has 1 rings (SSSR count). The number of hydrogen-bond donors (Lipinski definition) is 2. The van der Waals surface area contributed by atoms with Gasteiger partial charge in [0.15, 0.2) is 9.84 Å². The van der Waals surface area contributed by atoms with E-state index >= 15 is 0 Å². The van der Waals surface area contributed by atoms with E-state index in [0.29, 0.717) is 15.6 Å². The fourth-order valence-electron chi connectivity index (χ4n) is 1.64. The number of hydrogen-bond acceptors (Lipinski definition) is 4. The van der Waals surface area contributed by atoms with Crippen molar-refractivity contribution in [1.82, 2.24) is 0 Å². The summed E-state index contributed by atoms with van der Waals surface area (Å²) in [5.74, 6) is -0.0862. The first-order valence-electron chi connectivity index (χ1n) is 5.36. The highest BCUT2D eigenvalue weighted by atomic mass is 35.5. The van der Waals surface area contributed by atoms with Crippen LogP contribution in [0.25, 0.3) is 0 Å². The van der Waals surface area contributed by atoms with Crippen molar-refractivity contribution < 1.29 is 13.5 Å². The van der Waals surface area contributed by atoms with E-state index in [1.165, 1.54) is 13.0 Å². The van der Waals surface area contributed by atoms with Crippen LogP contribution < -0.4 is 5.73 Å². The lowest BCUT2D eigenvalue weighted by Gasteiger charge is -2.22. The predicted octanol–water partition coefficient (Wildman–Crippen LogP) is 1.79. The molecule has 1 aromatic rings. The van der Waals surface area contributed by atoms with Gasteiger partial charge in [0, 0.05) is 15.8 Å². The van der Waals surface area contributed by atoms with E-state index in [1.54, 1.807) is 12.1 Å². The molecule has 0 unspecified atom stereocenters. The summed E-state index contributed by atoms with van der Waals surface area (Å²) >= 11 is 11.7. The number of sulfone groups is 1. The summed E-state index contributed by atoms with van der Waals surface area (Å²) in [5, 5.41) is 8.90. The van der Waals surface area contributed by atoms with Gasteiger partial charge in [0.2, 0.25) is 0 Å². The molecule has 3 N–H and O–H groups in total. The van der Waals surface area contributed by atoms with E-state index in [-0.39, 0.29) is 5.75 Å². The smallest absolute Gasteiger partial charge is 0.157 e. The molecular weight excluding hydrogens is 297 g/mol. The minimum atomic E-state index is -3.45. The second-order valence-corrected chi connectivity index (χ2v) is 7.22. The Morgan fingerprint density at radius 3 is 2.44 bits per heavy atom. The minimum absolute atomic E-state index is 0.0862. The van der Waals surface area contributed by atoms with Gasteiger partial charge in [-0.2, -0.15) is 0 Å². The summed E-state index contributed by atoms with van der Waals surface area (Å²) in [6, 6.07) is 3.76. The average Bonchev–Trinajstić information content (AvgIpc) is 2.29. The fraction of sp³-hybridized carbons (Fsp3) is 0.455. The number of halogens is 2. The third kappa shape index (κ3) is 3.36. The lowest BCUT2D eigenvalue weighted by Crippen LogP contribution is -2.37. The molecule has 1 aromatic carbocycles. The lowest BCUT2D eigenvalue weighted by molar-refractivity contribution is 0.277. The van der Waals surface area contributed by atoms with Crippen LogP contribution in [-0.2, 0) is 9.84 Å². The number of nitrogens with two attached hydrogens (primary N) is 1. The van der Waals surface area contributed by atoms with Crippen molar-refractivity contribution in [3.05, 3.63) is 33.8 Å². The van der Waals surface area contributed by atoms with Crippen molar-refractivity contribution in [2.45, 2.75) is 18.2 Å². The van der Waals surface area contributed by atoms with Crippen LogP contribution in [0, 0.1) is 0 Å². The molecule has 18 heavy (non-hydrogen) atoms. The number of aliphatic hydroxyl groups excluding tert-OH is 1. The number of benzene rings is 1. The van der Waals surface area contributed by atoms with Gasteiger partial charge in [0.1, 0.15) is 5.25 Å². The average molecular weight is 312 g/mol. The van der Waals surface area contributed by atoms with Gasteiger partial charge in [-0.25, -0.2) is 8.42 Å². The molecule has 0 radical (unpaired) electrons. The van der Waals surface area contributed by atoms with Crippen LogP contribution in [0.3, 0.4) is 0 Å². The third-order valence-electron chi connectivity index (χ3n) is 2.77. The molecule has 0 spiro atoms. The standard InChI is InChI=1S/C11H15Cl2NO3S/c1-2-18(16,17)10(6-15)11(14)8-4-3-7(12)5-9(8)13/h3-5,10-11,15H,2,6,14H2,1H3/t10-,11+/m0/s1. The molecular formula is C11H15Cl2NO3S. The SMILES string of the molecule is CCS(=O)(=O)[C@@H](CO)[C@H](N)c1ccc(Cl)cc1Cl. The highest BCUT2D eigenvalue weighted by molar-refractivity contribution is 7.92. The molecule has 0 saturated carbocycles. The number of rotatable bonds is 5. The molecule has 0 amide bonds. The Morgan fingerprint density at radius 1 is 1.39 bits per heavy atom. The van der Waals surface area contributed by atoms with Gasteiger partial charge in [-0.3, -0.25) is 0 Å². The summed E-state index contributed by atoms with van der Waals surface area (Å²) in [5.41, 5.74) is 6.35. The quantitative estimate of drug-likeness (QED) is 0.868. The lowest BCUT2D eigenvalue weighted by atomic mass is 10.0. The zero-order chi connectivity index (χ0) is 13.9. The van der Waals surface area contributed by atoms with Gasteiger partial charge in [0.05, 0.1) is 12.6 Å². The monoisotopic (exact) mass is 311 g/mol. The summed E-state index contributed by atoms with van der Waals surface area (Å²) in [6.07, 6.45) is 0. The van der Waals surface area contributed by atoms with Gasteiger partial charge in [-0.05, 0) is 17.7 Å². The maximum atomic E-state index is 11.8. The Kier molecular flexibility index (Phi) is 5.43. The molecule has 0 aromatic heterocycles. The summed E-state index contributed by atoms with van der Waals surface area (Å²) in [4.78, 5) is 0. The second-order valence-electron chi connectivity index (χ2n) is 3.86. The van der Waals surface area contributed by atoms with Gasteiger partial charge in [-0.15, -0.1) is 0 Å². The maximum absolute atomic E-state index is 11.8. The van der Waals surface area contributed by atoms with Crippen molar-refractivity contribution in [2.75, 3.05) is 12.4 Å². The fourth-order valence-corrected chi connectivity index (χ4v) is 3.42. The van der Waals surface area contributed by atoms with Crippen molar-refractivity contribution in [2.24, 2.45) is 5.73 Å². The number of aliphatic hydroxyl groups is 1. The molecule has 0 heterocycles. The Morgan fingerprint density at radius 2 is 2.00 bits per heavy atom. The van der Waals surface area contributed by atoms with Crippen molar-refractivity contribution >= 4 is 33.0 Å². The van der Waals surface area contributed by atoms with Crippen molar-refractivity contribution in [1.29, 1.82) is 0 Å². The van der Waals surface area contributed by atoms with Gasteiger partial charge < -0.3 is 10.8 Å². The second kappa shape index (κ2) is 6.21. The maximum Gasteiger partial charge on any atom is 0.157 e. The molecule has 7 heteroatoms. The molecule has 0 fully saturated rings. The zero-order valence-corrected chi connectivity index (χ0v) is 12.1. The first kappa shape index (κ1) is 15.7. The summed E-state index contributed by atoms with van der Waals surface area (Å²) in [6.45, 7) is 0.963. The third-order valence-corrected chi connectivity index (χ3v) is 5.50. The van der Waals surface area contributed by atoms with Crippen molar-refractivity contribution in [3.8, 4) is 0 Å². The highest BCUT2D eigenvalue weighted by Gasteiger charge is 2.31. The van der Waals surface area contributed by atoms with E-state index in [1.807, 2.05) is 0 Å². The summed E-state index contributed by atoms with van der Waals surface area (Å²) < 4.78 is 23.6. The van der Waals surface area contributed by atoms with E-state index < -0.39 is 27.7 Å². The molecule has 0 aliphatic rings. The van der Waals surface area contributed by atoms with Crippen LogP contribution in [0.1, 0.15) is 18.5 Å². The van der Waals surface area contributed by atoms with Crippen LogP contribution in [-0.4, -0.2) is 31.1 Å². The molecule has 102 valence electrons. The van der Waals surface area contributed by atoms with Crippen LogP contribution in [0.15, 0.2) is 18.2 Å². The Labute approximate surface area is 117 Å². The van der Waals surface area contributed by atoms with E-state index in [0.717, 1.165) is 0 Å². The van der Waals surface area contributed by atoms with Gasteiger partial charge in [0.25, 0.3) is 0 Å². The van der Waals surface area contributed by atoms with Crippen LogP contribution >= 0.6 is 23.2 Å². The van der Waals surface area contributed by atoms with Gasteiger partial charge >= 0.3 is 0 Å². The van der Waals surface area contributed by atoms with E-state index in [2.05, 4.69) is 0 Å². The van der Waals surface area contributed by atoms with E-state index in [9.17, 15) is 13.5 Å². The topological polar surface area (TPSA) is 80.4 Å². The minimum Gasteiger partial charge on any atom is -0.395 e. The van der Waals surface area contributed by atoms with Crippen LogP contribution in [0.2, 0.25) is 10.0 Å². The molecule has 2 atom stereocenters. The largest absolute Gasteiger partial charge is 0.395 e. The van der Waals surface area contributed by atoms with E-state index in [4.69, 9.17) is 28.9 Å². The first-order valence-corrected chi connectivity index (χ1v) is 7.83. The molecule has 4 nitrogen and oxygen atoms in total. The van der Waals surface area contributed by atoms with Crippen molar-refractivity contribution in [3.63, 3.8) is 0 Å². The summed E-state index contributed by atoms with van der Waals surface area (Å²) in [7, 11) is -3.45. The Balaban J connectivity index is 3.15. The zero-order valence-electron chi connectivity index (χ0n) is 9.81. The van der Waals surface area contributed by atoms with Gasteiger partial charge in [-0.1, -0.05) is 36.2 Å². The Hall–Kier alpha value is -0.330. The van der Waals surface area contributed by atoms with Crippen LogP contribution in [0.5, 0.6) is 0 Å². The Bertz CT molecular complexity index is 519. The molecule has 0 aliphatic carbocycles. The van der Waals surface area contributed by atoms with Crippen LogP contribution in [0.4, 0.5) is 0 Å². The normalized spacial score (nSPS) is 15.4. The molecule has 0 saturated heterocycles. The highest BCUT2D eigenvalue weighted by Crippen LogP contribution is 2.29.